The molecule has 168 valence electrons. The minimum atomic E-state index is -1.73. The van der Waals surface area contributed by atoms with Crippen molar-refractivity contribution in [1.29, 1.82) is 0 Å². The van der Waals surface area contributed by atoms with Gasteiger partial charge in [0.15, 0.2) is 23.4 Å². The maximum absolute atomic E-state index is 12.2. The third-order valence-corrected chi connectivity index (χ3v) is 4.97. The lowest BCUT2D eigenvalue weighted by atomic mass is 9.98. The summed E-state index contributed by atoms with van der Waals surface area (Å²) in [7, 11) is 1.31. The van der Waals surface area contributed by atoms with Crippen LogP contribution in [0.2, 0.25) is 0 Å². The van der Waals surface area contributed by atoms with Gasteiger partial charge in [-0.2, -0.15) is 0 Å². The summed E-state index contributed by atoms with van der Waals surface area (Å²) < 4.78 is 20.8. The van der Waals surface area contributed by atoms with Gasteiger partial charge in [0.2, 0.25) is 0 Å². The highest BCUT2D eigenvalue weighted by Crippen LogP contribution is 2.29. The Hall–Kier alpha value is -2.44. The third-order valence-electron chi connectivity index (χ3n) is 4.97. The van der Waals surface area contributed by atoms with Crippen LogP contribution in [0.25, 0.3) is 0 Å². The summed E-state index contributed by atoms with van der Waals surface area (Å²) in [5.41, 5.74) is -1.66. The number of hydrogen-bond acceptors (Lipinski definition) is 10. The normalized spacial score (nSPS) is 28.4. The third kappa shape index (κ3) is 4.99. The first-order chi connectivity index (χ1) is 14.0. The molecular weight excluding hydrogens is 404 g/mol. The molecule has 1 saturated heterocycles. The largest absolute Gasteiger partial charge is 0.504 e. The van der Waals surface area contributed by atoms with Gasteiger partial charge in [0.05, 0.1) is 12.7 Å². The second-order valence-electron chi connectivity index (χ2n) is 7.01. The number of phenolic OH excluding ortho intramolecular Hbond substituents is 1. The van der Waals surface area contributed by atoms with Crippen LogP contribution >= 0.6 is 0 Å². The van der Waals surface area contributed by atoms with E-state index in [1.54, 1.807) is 6.92 Å². The topological polar surface area (TPSA) is 172 Å². The number of carboxylic acids is 1. The van der Waals surface area contributed by atoms with Gasteiger partial charge in [-0.15, -0.1) is 0 Å². The number of aliphatic hydroxyl groups excluding tert-OH is 3. The highest BCUT2D eigenvalue weighted by atomic mass is 16.7. The highest BCUT2D eigenvalue weighted by molar-refractivity contribution is 5.90. The maximum atomic E-state index is 12.2. The first-order valence-electron chi connectivity index (χ1n) is 9.19. The summed E-state index contributed by atoms with van der Waals surface area (Å²) in [6, 6.07) is 3.78. The number of aliphatic carboxylic acids is 1. The van der Waals surface area contributed by atoms with Crippen LogP contribution in [0.1, 0.15) is 30.6 Å². The van der Waals surface area contributed by atoms with Crippen molar-refractivity contribution in [2.75, 3.05) is 13.7 Å². The predicted octanol–water partition coefficient (Wildman–Crippen LogP) is -0.365. The second kappa shape index (κ2) is 9.58. The zero-order chi connectivity index (χ0) is 22.6. The van der Waals surface area contributed by atoms with E-state index in [0.717, 1.165) is 0 Å². The zero-order valence-electron chi connectivity index (χ0n) is 16.7. The van der Waals surface area contributed by atoms with E-state index in [-0.39, 0.29) is 23.5 Å². The summed E-state index contributed by atoms with van der Waals surface area (Å²) in [6.45, 7) is 2.30. The number of methoxy groups -OCH3 is 1. The Kier molecular flexibility index (Phi) is 7.61. The molecule has 11 heteroatoms. The van der Waals surface area contributed by atoms with Gasteiger partial charge < -0.3 is 44.5 Å². The number of benzene rings is 1. The molecule has 5 N–H and O–H groups in total. The smallest absolute Gasteiger partial charge is 0.338 e. The molecule has 2 rings (SSSR count). The number of aromatic hydroxyl groups is 1. The Morgan fingerprint density at radius 2 is 1.83 bits per heavy atom. The lowest BCUT2D eigenvalue weighted by Gasteiger charge is -2.42. The van der Waals surface area contributed by atoms with Crippen LogP contribution in [-0.2, 0) is 19.0 Å². The molecule has 0 aliphatic carbocycles. The monoisotopic (exact) mass is 430 g/mol. The average Bonchev–Trinajstić information content (AvgIpc) is 2.73. The number of aliphatic hydroxyl groups is 3. The lowest BCUT2D eigenvalue weighted by Crippen LogP contribution is -2.61. The minimum absolute atomic E-state index is 0.0376. The van der Waals surface area contributed by atoms with Crippen molar-refractivity contribution in [3.8, 4) is 11.5 Å². The second-order valence-corrected chi connectivity index (χ2v) is 7.01. The molecule has 0 aromatic heterocycles. The van der Waals surface area contributed by atoms with Gasteiger partial charge in [0, 0.05) is 0 Å². The van der Waals surface area contributed by atoms with E-state index in [2.05, 4.69) is 0 Å². The Morgan fingerprint density at radius 1 is 1.17 bits per heavy atom. The molecule has 0 spiro atoms. The quantitative estimate of drug-likeness (QED) is 0.341. The van der Waals surface area contributed by atoms with Crippen molar-refractivity contribution in [3.63, 3.8) is 0 Å². The molecule has 0 radical (unpaired) electrons. The molecule has 6 atom stereocenters. The van der Waals surface area contributed by atoms with Gasteiger partial charge in [0.1, 0.15) is 31.0 Å². The van der Waals surface area contributed by atoms with Crippen molar-refractivity contribution in [1.82, 2.24) is 0 Å². The van der Waals surface area contributed by atoms with Gasteiger partial charge in [-0.3, -0.25) is 0 Å². The lowest BCUT2D eigenvalue weighted by molar-refractivity contribution is -0.322. The zero-order valence-corrected chi connectivity index (χ0v) is 16.7. The van der Waals surface area contributed by atoms with Crippen molar-refractivity contribution >= 4 is 11.9 Å². The molecule has 1 unspecified atom stereocenters. The molecule has 30 heavy (non-hydrogen) atoms. The Morgan fingerprint density at radius 3 is 2.40 bits per heavy atom. The number of carboxylic acid groups (broad SMARTS) is 1. The highest BCUT2D eigenvalue weighted by Gasteiger charge is 2.48. The van der Waals surface area contributed by atoms with Gasteiger partial charge in [-0.25, -0.2) is 9.59 Å². The molecule has 1 aliphatic heterocycles. The van der Waals surface area contributed by atoms with Crippen LogP contribution < -0.4 is 4.74 Å². The van der Waals surface area contributed by atoms with Crippen LogP contribution in [0.4, 0.5) is 0 Å². The molecule has 1 aliphatic rings. The molecule has 1 aromatic carbocycles. The number of rotatable bonds is 8. The first kappa shape index (κ1) is 23.8. The number of phenols is 1. The van der Waals surface area contributed by atoms with E-state index in [1.165, 1.54) is 32.2 Å². The Labute approximate surface area is 172 Å². The van der Waals surface area contributed by atoms with E-state index in [0.29, 0.717) is 0 Å². The standard InChI is InChI=1S/C19H26O11/c1-4-19(2,18(25)26)30-17-15(23)14(22)13(21)12(29-17)8-28-16(24)9-5-6-10(20)11(7-9)27-3/h5-7,12-15,17,20-23H,4,8H2,1-3H3,(H,25,26)/t12-,13-,14+,15-,17+,19?/m1/s1. The van der Waals surface area contributed by atoms with E-state index in [1.807, 2.05) is 0 Å². The van der Waals surface area contributed by atoms with Crippen molar-refractivity contribution in [2.24, 2.45) is 0 Å². The van der Waals surface area contributed by atoms with Crippen molar-refractivity contribution in [2.45, 2.75) is 56.6 Å². The molecule has 1 heterocycles. The fourth-order valence-electron chi connectivity index (χ4n) is 2.74. The molecule has 0 bridgehead atoms. The fraction of sp³-hybridized carbons (Fsp3) is 0.579. The van der Waals surface area contributed by atoms with Crippen molar-refractivity contribution in [3.05, 3.63) is 23.8 Å². The maximum Gasteiger partial charge on any atom is 0.338 e. The fourth-order valence-corrected chi connectivity index (χ4v) is 2.74. The summed E-state index contributed by atoms with van der Waals surface area (Å²) in [5, 5.41) is 49.2. The van der Waals surface area contributed by atoms with E-state index in [4.69, 9.17) is 18.9 Å². The van der Waals surface area contributed by atoms with Gasteiger partial charge in [0.25, 0.3) is 0 Å². The van der Waals surface area contributed by atoms with Gasteiger partial charge >= 0.3 is 11.9 Å². The SMILES string of the molecule is CCC(C)(O[C@@H]1O[C@H](COC(=O)c2ccc(O)c(OC)c2)[C@@H](O)[C@H](O)[C@H]1O)C(=O)O. The number of carbonyl (C=O) groups is 2. The van der Waals surface area contributed by atoms with E-state index in [9.17, 15) is 35.1 Å². The van der Waals surface area contributed by atoms with Crippen molar-refractivity contribution < 1.29 is 54.1 Å². The Bertz CT molecular complexity index is 767. The number of hydrogen-bond donors (Lipinski definition) is 5. The summed E-state index contributed by atoms with van der Waals surface area (Å²) in [6.07, 6.45) is -7.92. The summed E-state index contributed by atoms with van der Waals surface area (Å²) in [5.74, 6) is -2.25. The molecule has 0 amide bonds. The molecular formula is C19H26O11. The van der Waals surface area contributed by atoms with Crippen LogP contribution in [0.15, 0.2) is 18.2 Å². The minimum Gasteiger partial charge on any atom is -0.504 e. The summed E-state index contributed by atoms with van der Waals surface area (Å²) >= 11 is 0. The summed E-state index contributed by atoms with van der Waals surface area (Å²) in [4.78, 5) is 23.7. The van der Waals surface area contributed by atoms with Gasteiger partial charge in [-0.1, -0.05) is 6.92 Å². The van der Waals surface area contributed by atoms with Crippen LogP contribution in [0, 0.1) is 0 Å². The molecule has 1 aromatic rings. The van der Waals surface area contributed by atoms with E-state index < -0.39 is 54.9 Å². The van der Waals surface area contributed by atoms with Crippen LogP contribution in [0.3, 0.4) is 0 Å². The Balaban J connectivity index is 2.09. The average molecular weight is 430 g/mol. The predicted molar refractivity (Wildman–Crippen MR) is 99.0 cm³/mol. The number of esters is 1. The van der Waals surface area contributed by atoms with E-state index >= 15 is 0 Å². The number of ether oxygens (including phenoxy) is 4. The molecule has 0 saturated carbocycles. The molecule has 1 fully saturated rings. The van der Waals surface area contributed by atoms with Gasteiger partial charge in [-0.05, 0) is 31.5 Å². The number of carbonyl (C=O) groups excluding carboxylic acids is 1. The first-order valence-corrected chi connectivity index (χ1v) is 9.19. The van der Waals surface area contributed by atoms with Crippen LogP contribution in [-0.4, -0.2) is 87.5 Å². The van der Waals surface area contributed by atoms with Crippen LogP contribution in [0.5, 0.6) is 11.5 Å². The molecule has 11 nitrogen and oxygen atoms in total.